The number of aromatic nitrogens is 2. The predicted octanol–water partition coefficient (Wildman–Crippen LogP) is 2.11. The van der Waals surface area contributed by atoms with Gasteiger partial charge in [-0.2, -0.15) is 9.78 Å². The van der Waals surface area contributed by atoms with E-state index in [9.17, 15) is 9.59 Å². The first-order valence-corrected chi connectivity index (χ1v) is 8.13. The van der Waals surface area contributed by atoms with E-state index in [1.165, 1.54) is 17.9 Å². The summed E-state index contributed by atoms with van der Waals surface area (Å²) in [6.07, 6.45) is 2.10. The number of hydrogen-bond acceptors (Lipinski definition) is 4. The number of carbonyl (C=O) groups excluding carboxylic acids is 1. The molecule has 1 amide bonds. The van der Waals surface area contributed by atoms with Crippen molar-refractivity contribution in [3.63, 3.8) is 0 Å². The Balaban J connectivity index is 2.03. The summed E-state index contributed by atoms with van der Waals surface area (Å²) >= 11 is 0. The zero-order valence-electron chi connectivity index (χ0n) is 13.9. The van der Waals surface area contributed by atoms with Crippen LogP contribution in [0.5, 0.6) is 5.75 Å². The van der Waals surface area contributed by atoms with E-state index in [1.807, 2.05) is 18.2 Å². The number of ether oxygens (including phenoxy) is 1. The van der Waals surface area contributed by atoms with Gasteiger partial charge in [0.1, 0.15) is 0 Å². The third kappa shape index (κ3) is 3.18. The summed E-state index contributed by atoms with van der Waals surface area (Å²) in [5, 5.41) is 4.30. The van der Waals surface area contributed by atoms with E-state index in [4.69, 9.17) is 4.74 Å². The number of piperidine rings is 1. The average Bonchev–Trinajstić information content (AvgIpc) is 2.61. The number of likely N-dealkylation sites (tertiary alicyclic amines) is 1. The summed E-state index contributed by atoms with van der Waals surface area (Å²) in [6.45, 7) is 3.54. The molecule has 1 atom stereocenters. The smallest absolute Gasteiger partial charge is 0.278 e. The van der Waals surface area contributed by atoms with Crippen molar-refractivity contribution in [2.45, 2.75) is 19.8 Å². The average molecular weight is 327 g/mol. The summed E-state index contributed by atoms with van der Waals surface area (Å²) in [5.41, 5.74) is 0.461. The molecule has 0 aliphatic carbocycles. The molecule has 0 radical (unpaired) electrons. The van der Waals surface area contributed by atoms with Gasteiger partial charge in [-0.15, -0.1) is 0 Å². The van der Waals surface area contributed by atoms with Gasteiger partial charge in [0, 0.05) is 13.1 Å². The van der Waals surface area contributed by atoms with E-state index in [0.29, 0.717) is 24.7 Å². The molecule has 6 nitrogen and oxygen atoms in total. The van der Waals surface area contributed by atoms with Crippen molar-refractivity contribution in [2.24, 2.45) is 5.92 Å². The van der Waals surface area contributed by atoms with E-state index in [2.05, 4.69) is 12.0 Å². The van der Waals surface area contributed by atoms with Gasteiger partial charge < -0.3 is 9.64 Å². The fraction of sp³-hybridized carbons (Fsp3) is 0.389. The quantitative estimate of drug-likeness (QED) is 0.866. The van der Waals surface area contributed by atoms with Crippen LogP contribution in [0.2, 0.25) is 0 Å². The van der Waals surface area contributed by atoms with Crippen LogP contribution in [0.15, 0.2) is 41.2 Å². The SMILES string of the molecule is COc1cc(=O)n(-c2ccccc2)nc1C(=O)N1CCCC(C)C1. The van der Waals surface area contributed by atoms with Gasteiger partial charge in [-0.1, -0.05) is 25.1 Å². The zero-order chi connectivity index (χ0) is 17.1. The second-order valence-electron chi connectivity index (χ2n) is 6.15. The second-order valence-corrected chi connectivity index (χ2v) is 6.15. The molecule has 3 rings (SSSR count). The van der Waals surface area contributed by atoms with E-state index in [-0.39, 0.29) is 22.9 Å². The topological polar surface area (TPSA) is 64.4 Å². The molecule has 1 aliphatic heterocycles. The van der Waals surface area contributed by atoms with Crippen LogP contribution >= 0.6 is 0 Å². The highest BCUT2D eigenvalue weighted by atomic mass is 16.5. The lowest BCUT2D eigenvalue weighted by atomic mass is 10.00. The molecule has 0 spiro atoms. The van der Waals surface area contributed by atoms with Crippen LogP contribution in [-0.4, -0.2) is 40.8 Å². The maximum Gasteiger partial charge on any atom is 0.278 e. The highest BCUT2D eigenvalue weighted by Crippen LogP contribution is 2.21. The highest BCUT2D eigenvalue weighted by molar-refractivity contribution is 5.94. The maximum absolute atomic E-state index is 12.9. The Morgan fingerprint density at radius 3 is 2.71 bits per heavy atom. The van der Waals surface area contributed by atoms with E-state index in [0.717, 1.165) is 12.8 Å². The molecule has 0 N–H and O–H groups in total. The van der Waals surface area contributed by atoms with Gasteiger partial charge in [-0.05, 0) is 30.9 Å². The molecule has 126 valence electrons. The Kier molecular flexibility index (Phi) is 4.64. The van der Waals surface area contributed by atoms with Crippen molar-refractivity contribution in [3.8, 4) is 11.4 Å². The molecule has 0 bridgehead atoms. The van der Waals surface area contributed by atoms with Crippen LogP contribution in [0, 0.1) is 5.92 Å². The molecule has 2 heterocycles. The first kappa shape index (κ1) is 16.2. The first-order valence-electron chi connectivity index (χ1n) is 8.13. The summed E-state index contributed by atoms with van der Waals surface area (Å²) in [7, 11) is 1.44. The largest absolute Gasteiger partial charge is 0.494 e. The van der Waals surface area contributed by atoms with Crippen LogP contribution < -0.4 is 10.3 Å². The monoisotopic (exact) mass is 327 g/mol. The summed E-state index contributed by atoms with van der Waals surface area (Å²) < 4.78 is 6.47. The lowest BCUT2D eigenvalue weighted by molar-refractivity contribution is 0.0671. The van der Waals surface area contributed by atoms with Gasteiger partial charge in [0.25, 0.3) is 11.5 Å². The first-order chi connectivity index (χ1) is 11.6. The Morgan fingerprint density at radius 2 is 2.04 bits per heavy atom. The predicted molar refractivity (Wildman–Crippen MR) is 90.7 cm³/mol. The van der Waals surface area contributed by atoms with E-state index < -0.39 is 0 Å². The molecular formula is C18H21N3O3. The third-order valence-electron chi connectivity index (χ3n) is 4.26. The standard InChI is InChI=1S/C18H21N3O3/c1-13-7-6-10-20(12-13)18(23)17-15(24-2)11-16(22)21(19-17)14-8-4-3-5-9-14/h3-5,8-9,11,13H,6-7,10,12H2,1-2H3. The molecular weight excluding hydrogens is 306 g/mol. The minimum absolute atomic E-state index is 0.176. The molecule has 1 fully saturated rings. The van der Waals surface area contributed by atoms with E-state index >= 15 is 0 Å². The van der Waals surface area contributed by atoms with Crippen molar-refractivity contribution in [1.82, 2.24) is 14.7 Å². The molecule has 1 unspecified atom stereocenters. The number of methoxy groups -OCH3 is 1. The number of carbonyl (C=O) groups is 1. The molecule has 1 aliphatic rings. The Morgan fingerprint density at radius 1 is 1.29 bits per heavy atom. The summed E-state index contributed by atoms with van der Waals surface area (Å²) in [6, 6.07) is 10.4. The lowest BCUT2D eigenvalue weighted by Crippen LogP contribution is -2.40. The normalized spacial score (nSPS) is 17.6. The fourth-order valence-electron chi connectivity index (χ4n) is 3.02. The number of nitrogens with zero attached hydrogens (tertiary/aromatic N) is 3. The number of benzene rings is 1. The van der Waals surface area contributed by atoms with Gasteiger partial charge in [0.05, 0.1) is 18.9 Å². The van der Waals surface area contributed by atoms with Gasteiger partial charge in [0.15, 0.2) is 11.4 Å². The molecule has 2 aromatic rings. The summed E-state index contributed by atoms with van der Waals surface area (Å²) in [4.78, 5) is 27.0. The number of hydrogen-bond donors (Lipinski definition) is 0. The van der Waals surface area contributed by atoms with Gasteiger partial charge in [-0.3, -0.25) is 9.59 Å². The van der Waals surface area contributed by atoms with Gasteiger partial charge in [-0.25, -0.2) is 0 Å². The van der Waals surface area contributed by atoms with Crippen LogP contribution in [0.1, 0.15) is 30.3 Å². The maximum atomic E-state index is 12.9. The Labute approximate surface area is 140 Å². The van der Waals surface area contributed by atoms with Crippen molar-refractivity contribution < 1.29 is 9.53 Å². The van der Waals surface area contributed by atoms with Gasteiger partial charge in [0.2, 0.25) is 0 Å². The molecule has 6 heteroatoms. The van der Waals surface area contributed by atoms with Crippen molar-refractivity contribution in [1.29, 1.82) is 0 Å². The van der Waals surface area contributed by atoms with Crippen LogP contribution in [0.3, 0.4) is 0 Å². The third-order valence-corrected chi connectivity index (χ3v) is 4.26. The van der Waals surface area contributed by atoms with Gasteiger partial charge >= 0.3 is 0 Å². The van der Waals surface area contributed by atoms with Crippen molar-refractivity contribution in [3.05, 3.63) is 52.4 Å². The molecule has 1 saturated heterocycles. The molecule has 1 aromatic carbocycles. The number of para-hydroxylation sites is 1. The van der Waals surface area contributed by atoms with E-state index in [1.54, 1.807) is 17.0 Å². The number of rotatable bonds is 3. The van der Waals surface area contributed by atoms with Crippen molar-refractivity contribution in [2.75, 3.05) is 20.2 Å². The molecule has 24 heavy (non-hydrogen) atoms. The molecule has 0 saturated carbocycles. The molecule has 1 aromatic heterocycles. The minimum Gasteiger partial charge on any atom is -0.494 e. The Bertz CT molecular complexity index is 786. The second kappa shape index (κ2) is 6.86. The zero-order valence-corrected chi connectivity index (χ0v) is 13.9. The van der Waals surface area contributed by atoms with Crippen LogP contribution in [0.4, 0.5) is 0 Å². The summed E-state index contributed by atoms with van der Waals surface area (Å²) in [5.74, 6) is 0.493. The minimum atomic E-state index is -0.332. The highest BCUT2D eigenvalue weighted by Gasteiger charge is 2.26. The van der Waals surface area contributed by atoms with Crippen LogP contribution in [0.25, 0.3) is 5.69 Å². The lowest BCUT2D eigenvalue weighted by Gasteiger charge is -2.30. The Hall–Kier alpha value is -2.63. The number of amides is 1. The van der Waals surface area contributed by atoms with Crippen molar-refractivity contribution >= 4 is 5.91 Å². The van der Waals surface area contributed by atoms with Crippen LogP contribution in [-0.2, 0) is 0 Å². The fourth-order valence-corrected chi connectivity index (χ4v) is 3.02.